The van der Waals surface area contributed by atoms with Gasteiger partial charge in [0.05, 0.1) is 0 Å². The third-order valence-corrected chi connectivity index (χ3v) is 1.81. The van der Waals surface area contributed by atoms with Crippen LogP contribution in [-0.2, 0) is 4.79 Å². The Morgan fingerprint density at radius 3 is 2.00 bits per heavy atom. The van der Waals surface area contributed by atoms with Crippen LogP contribution < -0.4 is 0 Å². The number of nitrogens with zero attached hydrogens (tertiary/aromatic N) is 1. The van der Waals surface area contributed by atoms with Gasteiger partial charge in [-0.3, -0.25) is 4.79 Å². The van der Waals surface area contributed by atoms with Gasteiger partial charge in [-0.1, -0.05) is 23.2 Å². The van der Waals surface area contributed by atoms with Gasteiger partial charge in [0.15, 0.2) is 4.84 Å². The Balaban J connectivity index is 4.15. The van der Waals surface area contributed by atoms with E-state index in [4.69, 9.17) is 23.2 Å². The smallest absolute Gasteiger partial charge is 0.256 e. The van der Waals surface area contributed by atoms with Gasteiger partial charge in [0, 0.05) is 12.6 Å². The van der Waals surface area contributed by atoms with E-state index in [9.17, 15) is 4.79 Å². The molecule has 0 aliphatic carbocycles. The predicted octanol–water partition coefficient (Wildman–Crippen LogP) is 2.05. The van der Waals surface area contributed by atoms with Crippen LogP contribution in [0.4, 0.5) is 0 Å². The Kier molecular flexibility index (Phi) is 4.86. The van der Waals surface area contributed by atoms with Gasteiger partial charge >= 0.3 is 0 Å². The molecule has 0 radical (unpaired) electrons. The lowest BCUT2D eigenvalue weighted by atomic mass is 10.3. The Hall–Kier alpha value is 0.0500. The van der Waals surface area contributed by atoms with Crippen molar-refractivity contribution < 1.29 is 4.79 Å². The molecule has 0 saturated heterocycles. The molecule has 0 unspecified atom stereocenters. The maximum atomic E-state index is 11.2. The lowest BCUT2D eigenvalue weighted by Crippen LogP contribution is -2.39. The van der Waals surface area contributed by atoms with Crippen molar-refractivity contribution in [1.29, 1.82) is 0 Å². The number of amides is 1. The minimum atomic E-state index is -0.933. The number of halogens is 2. The average molecular weight is 198 g/mol. The molecule has 0 saturated carbocycles. The molecule has 4 heteroatoms. The first-order valence-corrected chi connectivity index (χ1v) is 4.46. The highest BCUT2D eigenvalue weighted by Gasteiger charge is 2.20. The lowest BCUT2D eigenvalue weighted by molar-refractivity contribution is -0.130. The zero-order valence-electron chi connectivity index (χ0n) is 6.97. The number of carbonyl (C=O) groups is 1. The van der Waals surface area contributed by atoms with Crippen LogP contribution in [0.5, 0.6) is 0 Å². The highest BCUT2D eigenvalue weighted by Crippen LogP contribution is 2.09. The first-order chi connectivity index (χ1) is 5.00. The van der Waals surface area contributed by atoms with E-state index < -0.39 is 4.84 Å². The summed E-state index contributed by atoms with van der Waals surface area (Å²) < 4.78 is 0. The molecule has 66 valence electrons. The zero-order valence-corrected chi connectivity index (χ0v) is 8.49. The molecule has 0 aliphatic rings. The molecule has 0 atom stereocenters. The third kappa shape index (κ3) is 3.30. The predicted molar refractivity (Wildman–Crippen MR) is 48.0 cm³/mol. The maximum absolute atomic E-state index is 11.2. The topological polar surface area (TPSA) is 20.3 Å². The van der Waals surface area contributed by atoms with Crippen molar-refractivity contribution >= 4 is 29.1 Å². The summed E-state index contributed by atoms with van der Waals surface area (Å²) in [5.41, 5.74) is 0. The highest BCUT2D eigenvalue weighted by molar-refractivity contribution is 6.53. The van der Waals surface area contributed by atoms with Crippen LogP contribution in [0.1, 0.15) is 20.8 Å². The lowest BCUT2D eigenvalue weighted by Gasteiger charge is -2.25. The van der Waals surface area contributed by atoms with Crippen LogP contribution in [0.3, 0.4) is 0 Å². The van der Waals surface area contributed by atoms with Gasteiger partial charge in [-0.2, -0.15) is 0 Å². The van der Waals surface area contributed by atoms with Gasteiger partial charge in [-0.25, -0.2) is 0 Å². The standard InChI is InChI=1S/C7H13Cl2NO/c1-4-10(5(2)3)7(11)6(8)9/h5-6H,4H2,1-3H3. The summed E-state index contributed by atoms with van der Waals surface area (Å²) >= 11 is 10.8. The summed E-state index contributed by atoms with van der Waals surface area (Å²) in [6.07, 6.45) is 0. The fourth-order valence-corrected chi connectivity index (χ4v) is 1.15. The van der Waals surface area contributed by atoms with Crippen LogP contribution in [0, 0.1) is 0 Å². The first kappa shape index (κ1) is 11.1. The number of alkyl halides is 2. The summed E-state index contributed by atoms with van der Waals surface area (Å²) in [4.78, 5) is 11.9. The molecule has 11 heavy (non-hydrogen) atoms. The molecule has 0 rings (SSSR count). The van der Waals surface area contributed by atoms with Crippen LogP contribution in [0.15, 0.2) is 0 Å². The molecule has 0 spiro atoms. The monoisotopic (exact) mass is 197 g/mol. The fourth-order valence-electron chi connectivity index (χ4n) is 0.901. The van der Waals surface area contributed by atoms with Gasteiger partial charge in [-0.15, -0.1) is 0 Å². The van der Waals surface area contributed by atoms with E-state index in [1.165, 1.54) is 0 Å². The fraction of sp³-hybridized carbons (Fsp3) is 0.857. The van der Waals surface area contributed by atoms with Crippen molar-refractivity contribution in [1.82, 2.24) is 4.90 Å². The normalized spacial score (nSPS) is 10.8. The van der Waals surface area contributed by atoms with Gasteiger partial charge < -0.3 is 4.90 Å². The SMILES string of the molecule is CCN(C(=O)C(Cl)Cl)C(C)C. The van der Waals surface area contributed by atoms with Crippen molar-refractivity contribution in [2.75, 3.05) is 6.54 Å². The van der Waals surface area contributed by atoms with E-state index >= 15 is 0 Å². The molecule has 1 amide bonds. The first-order valence-electron chi connectivity index (χ1n) is 3.59. The van der Waals surface area contributed by atoms with Crippen LogP contribution in [0.25, 0.3) is 0 Å². The zero-order chi connectivity index (χ0) is 9.02. The molecule has 0 aliphatic heterocycles. The summed E-state index contributed by atoms with van der Waals surface area (Å²) in [7, 11) is 0. The van der Waals surface area contributed by atoms with E-state index in [-0.39, 0.29) is 11.9 Å². The van der Waals surface area contributed by atoms with E-state index in [0.29, 0.717) is 6.54 Å². The molecule has 0 bridgehead atoms. The second-order valence-corrected chi connectivity index (χ2v) is 3.61. The van der Waals surface area contributed by atoms with Gasteiger partial charge in [-0.05, 0) is 20.8 Å². The van der Waals surface area contributed by atoms with E-state index in [1.54, 1.807) is 4.90 Å². The average Bonchev–Trinajstić information content (AvgIpc) is 1.88. The number of rotatable bonds is 3. The summed E-state index contributed by atoms with van der Waals surface area (Å²) in [6, 6.07) is 0.160. The van der Waals surface area contributed by atoms with Crippen molar-refractivity contribution in [3.63, 3.8) is 0 Å². The number of hydrogen-bond acceptors (Lipinski definition) is 1. The molecule has 0 aromatic heterocycles. The van der Waals surface area contributed by atoms with E-state index in [1.807, 2.05) is 20.8 Å². The minimum absolute atomic E-state index is 0.160. The van der Waals surface area contributed by atoms with Gasteiger partial charge in [0.2, 0.25) is 0 Å². The summed E-state index contributed by atoms with van der Waals surface area (Å²) in [5, 5.41) is 0. The maximum Gasteiger partial charge on any atom is 0.256 e. The molecule has 0 N–H and O–H groups in total. The molecule has 2 nitrogen and oxygen atoms in total. The molecule has 0 aromatic carbocycles. The van der Waals surface area contributed by atoms with Crippen molar-refractivity contribution in [3.8, 4) is 0 Å². The van der Waals surface area contributed by atoms with Crippen LogP contribution in [-0.4, -0.2) is 28.2 Å². The van der Waals surface area contributed by atoms with Crippen LogP contribution in [0.2, 0.25) is 0 Å². The largest absolute Gasteiger partial charge is 0.338 e. The minimum Gasteiger partial charge on any atom is -0.338 e. The van der Waals surface area contributed by atoms with Crippen molar-refractivity contribution in [2.45, 2.75) is 31.6 Å². The quantitative estimate of drug-likeness (QED) is 0.635. The Morgan fingerprint density at radius 2 is 1.91 bits per heavy atom. The Morgan fingerprint density at radius 1 is 1.45 bits per heavy atom. The highest BCUT2D eigenvalue weighted by atomic mass is 35.5. The third-order valence-electron chi connectivity index (χ3n) is 1.43. The number of carbonyl (C=O) groups excluding carboxylic acids is 1. The van der Waals surface area contributed by atoms with Gasteiger partial charge in [0.25, 0.3) is 5.91 Å². The van der Waals surface area contributed by atoms with Crippen LogP contribution >= 0.6 is 23.2 Å². The molecule has 0 aromatic rings. The second-order valence-electron chi connectivity index (χ2n) is 2.52. The summed E-state index contributed by atoms with van der Waals surface area (Å²) in [6.45, 7) is 6.40. The van der Waals surface area contributed by atoms with Crippen molar-refractivity contribution in [2.24, 2.45) is 0 Å². The molecule has 0 heterocycles. The van der Waals surface area contributed by atoms with Gasteiger partial charge in [0.1, 0.15) is 0 Å². The Labute approximate surface area is 77.5 Å². The summed E-state index contributed by atoms with van der Waals surface area (Å²) in [5.74, 6) is -0.217. The number of hydrogen-bond donors (Lipinski definition) is 0. The van der Waals surface area contributed by atoms with E-state index in [0.717, 1.165) is 0 Å². The molecule has 0 fully saturated rings. The van der Waals surface area contributed by atoms with E-state index in [2.05, 4.69) is 0 Å². The second kappa shape index (κ2) is 4.83. The van der Waals surface area contributed by atoms with Crippen molar-refractivity contribution in [3.05, 3.63) is 0 Å². The Bertz CT molecular complexity index is 136. The molecular weight excluding hydrogens is 185 g/mol. The molecular formula is C7H13Cl2NO.